The molecule has 354 valence electrons. The fourth-order valence-corrected chi connectivity index (χ4v) is 13.7. The lowest BCUT2D eigenvalue weighted by Gasteiger charge is -2.45. The van der Waals surface area contributed by atoms with E-state index in [2.05, 4.69) is 240 Å². The molecule has 0 radical (unpaired) electrons. The zero-order chi connectivity index (χ0) is 49.4. The molecular formula is C66H72BN3. The minimum Gasteiger partial charge on any atom is -0.314 e. The van der Waals surface area contributed by atoms with Gasteiger partial charge in [0.15, 0.2) is 0 Å². The van der Waals surface area contributed by atoms with Crippen molar-refractivity contribution in [3.8, 4) is 5.69 Å². The summed E-state index contributed by atoms with van der Waals surface area (Å²) in [7, 11) is 0. The average Bonchev–Trinajstić information content (AvgIpc) is 3.77. The third-order valence-electron chi connectivity index (χ3n) is 17.9. The summed E-state index contributed by atoms with van der Waals surface area (Å²) in [6.07, 6.45) is 10.6. The number of aromatic nitrogens is 1. The van der Waals surface area contributed by atoms with Crippen LogP contribution in [0.5, 0.6) is 0 Å². The highest BCUT2D eigenvalue weighted by molar-refractivity contribution is 7.00. The number of hydrogen-bond acceptors (Lipinski definition) is 2. The highest BCUT2D eigenvalue weighted by atomic mass is 15.2. The summed E-state index contributed by atoms with van der Waals surface area (Å²) in [5.74, 6) is 0.329. The molecule has 0 spiro atoms. The number of benzene rings is 6. The molecule has 0 saturated carbocycles. The molecule has 0 N–H and O–H groups in total. The zero-order valence-corrected chi connectivity index (χ0v) is 44.7. The topological polar surface area (TPSA) is 11.4 Å². The number of anilines is 6. The molecule has 5 aliphatic rings. The molecule has 1 atom stereocenters. The Bertz CT molecular complexity index is 3420. The van der Waals surface area contributed by atoms with Crippen LogP contribution in [0.2, 0.25) is 0 Å². The van der Waals surface area contributed by atoms with Crippen LogP contribution in [0, 0.1) is 20.8 Å². The molecule has 0 saturated heterocycles. The molecule has 3 aliphatic carbocycles. The SMILES string of the molecule is Cc1ccccc1N(c1ccc2c(c1)N(c1cc3c(cc1C)C(C)(C)CCC3(C)C)c1cc(C(C)(C)C)cc3c1B2c1cc(C(C)(C)C)cc2c4c(n-3c12)C1CC=CC=C1C4(C)C)c1ccccc1C. The van der Waals surface area contributed by atoms with Crippen molar-refractivity contribution in [2.45, 2.75) is 156 Å². The summed E-state index contributed by atoms with van der Waals surface area (Å²) in [4.78, 5) is 5.25. The number of fused-ring (bicyclic) bond motifs is 10. The van der Waals surface area contributed by atoms with Crippen molar-refractivity contribution < 1.29 is 0 Å². The predicted molar refractivity (Wildman–Crippen MR) is 302 cm³/mol. The first-order valence-electron chi connectivity index (χ1n) is 26.3. The van der Waals surface area contributed by atoms with Gasteiger partial charge in [-0.1, -0.05) is 161 Å². The van der Waals surface area contributed by atoms with Gasteiger partial charge in [-0.25, -0.2) is 0 Å². The van der Waals surface area contributed by atoms with Crippen LogP contribution in [0.3, 0.4) is 0 Å². The van der Waals surface area contributed by atoms with Gasteiger partial charge < -0.3 is 14.4 Å². The lowest BCUT2D eigenvalue weighted by Crippen LogP contribution is -2.61. The molecule has 6 aromatic carbocycles. The molecule has 3 heterocycles. The van der Waals surface area contributed by atoms with Gasteiger partial charge in [0.2, 0.25) is 0 Å². The van der Waals surface area contributed by atoms with Crippen LogP contribution < -0.4 is 26.2 Å². The van der Waals surface area contributed by atoms with Gasteiger partial charge in [-0.2, -0.15) is 0 Å². The van der Waals surface area contributed by atoms with E-state index in [1.54, 1.807) is 5.57 Å². The first-order chi connectivity index (χ1) is 33.0. The lowest BCUT2D eigenvalue weighted by atomic mass is 9.33. The average molecular weight is 918 g/mol. The van der Waals surface area contributed by atoms with Crippen LogP contribution in [0.25, 0.3) is 16.6 Å². The van der Waals surface area contributed by atoms with E-state index in [1.807, 2.05) is 0 Å². The number of aryl methyl sites for hydroxylation is 3. The predicted octanol–water partition coefficient (Wildman–Crippen LogP) is 15.8. The minimum atomic E-state index is -0.110. The van der Waals surface area contributed by atoms with E-state index in [4.69, 9.17) is 0 Å². The van der Waals surface area contributed by atoms with Crippen LogP contribution >= 0.6 is 0 Å². The van der Waals surface area contributed by atoms with Crippen molar-refractivity contribution in [1.82, 2.24) is 4.57 Å². The van der Waals surface area contributed by atoms with E-state index in [-0.39, 0.29) is 33.8 Å². The van der Waals surface area contributed by atoms with E-state index < -0.39 is 0 Å². The zero-order valence-electron chi connectivity index (χ0n) is 44.7. The second kappa shape index (κ2) is 14.8. The molecule has 3 nitrogen and oxygen atoms in total. The molecule has 1 aromatic heterocycles. The minimum absolute atomic E-state index is 0.0229. The molecule has 0 amide bonds. The number of nitrogens with zero attached hydrogens (tertiary/aromatic N) is 3. The third kappa shape index (κ3) is 6.33. The summed E-state index contributed by atoms with van der Waals surface area (Å²) in [6.45, 7) is 36.3. The molecule has 12 rings (SSSR count). The van der Waals surface area contributed by atoms with Crippen molar-refractivity contribution in [3.63, 3.8) is 0 Å². The van der Waals surface area contributed by atoms with Gasteiger partial charge in [0, 0.05) is 67.7 Å². The van der Waals surface area contributed by atoms with E-state index in [1.165, 1.54) is 130 Å². The summed E-state index contributed by atoms with van der Waals surface area (Å²) in [6, 6.07) is 41.0. The maximum absolute atomic E-state index is 2.81. The van der Waals surface area contributed by atoms with Gasteiger partial charge in [0.25, 0.3) is 6.71 Å². The Morgan fingerprint density at radius 3 is 1.83 bits per heavy atom. The number of allylic oxidation sites excluding steroid dienone is 4. The Balaban J connectivity index is 1.25. The van der Waals surface area contributed by atoms with Gasteiger partial charge >= 0.3 is 0 Å². The van der Waals surface area contributed by atoms with Crippen molar-refractivity contribution in [1.29, 1.82) is 0 Å². The second-order valence-electron chi connectivity index (χ2n) is 25.8. The Labute approximate surface area is 419 Å². The molecule has 70 heavy (non-hydrogen) atoms. The molecule has 1 unspecified atom stereocenters. The molecular weight excluding hydrogens is 846 g/mol. The van der Waals surface area contributed by atoms with Gasteiger partial charge in [-0.3, -0.25) is 0 Å². The van der Waals surface area contributed by atoms with Crippen molar-refractivity contribution in [2.24, 2.45) is 0 Å². The standard InChI is InChI=1S/C66H72BN3/c1-39-22-16-20-26-52(39)68(53-27-21-17-23-40(53)2)44-28-29-50-55(37-44)69(54-38-49-48(32-41(54)3)64(10,11)30-31-65(49,12)13)56-35-43(63(7,8)9)36-57-59(56)67(50)51-34-42(62(4,5)6)33-46-58-61(70(57)60(46)51)45-24-18-19-25-47(45)66(58,14)15/h16-23,25-29,32-38,45H,24,30-31H2,1-15H3. The second-order valence-corrected chi connectivity index (χ2v) is 25.8. The largest absolute Gasteiger partial charge is 0.314 e. The molecule has 0 bridgehead atoms. The van der Waals surface area contributed by atoms with E-state index in [9.17, 15) is 0 Å². The number of hydrogen-bond donors (Lipinski definition) is 0. The molecule has 0 fully saturated rings. The van der Waals surface area contributed by atoms with Gasteiger partial charge in [0.05, 0.1) is 0 Å². The van der Waals surface area contributed by atoms with Crippen LogP contribution in [0.4, 0.5) is 34.1 Å². The van der Waals surface area contributed by atoms with Gasteiger partial charge in [-0.15, -0.1) is 0 Å². The fraction of sp³-hybridized carbons (Fsp3) is 0.364. The monoisotopic (exact) mass is 918 g/mol. The van der Waals surface area contributed by atoms with Gasteiger partial charge in [0.1, 0.15) is 0 Å². The summed E-state index contributed by atoms with van der Waals surface area (Å²) < 4.78 is 2.81. The maximum atomic E-state index is 2.81. The van der Waals surface area contributed by atoms with Crippen LogP contribution in [-0.2, 0) is 27.1 Å². The van der Waals surface area contributed by atoms with Crippen molar-refractivity contribution in [3.05, 3.63) is 177 Å². The Morgan fingerprint density at radius 2 is 1.20 bits per heavy atom. The quantitative estimate of drug-likeness (QED) is 0.163. The Morgan fingerprint density at radius 1 is 0.600 bits per heavy atom. The highest BCUT2D eigenvalue weighted by Crippen LogP contribution is 2.58. The van der Waals surface area contributed by atoms with E-state index in [0.29, 0.717) is 5.92 Å². The maximum Gasteiger partial charge on any atom is 0.252 e. The fourth-order valence-electron chi connectivity index (χ4n) is 13.7. The third-order valence-corrected chi connectivity index (χ3v) is 17.9. The van der Waals surface area contributed by atoms with E-state index >= 15 is 0 Å². The summed E-state index contributed by atoms with van der Waals surface area (Å²) in [5.41, 5.74) is 28.5. The van der Waals surface area contributed by atoms with E-state index in [0.717, 1.165) is 6.42 Å². The molecule has 4 heteroatoms. The summed E-state index contributed by atoms with van der Waals surface area (Å²) >= 11 is 0. The Hall–Kier alpha value is -6.00. The molecule has 2 aliphatic heterocycles. The van der Waals surface area contributed by atoms with Crippen molar-refractivity contribution in [2.75, 3.05) is 9.80 Å². The normalized spacial score (nSPS) is 18.8. The highest BCUT2D eigenvalue weighted by Gasteiger charge is 2.51. The van der Waals surface area contributed by atoms with Gasteiger partial charge in [-0.05, 0) is 171 Å². The first-order valence-corrected chi connectivity index (χ1v) is 26.3. The number of para-hydroxylation sites is 2. The molecule has 7 aromatic rings. The Kier molecular flexibility index (Phi) is 9.54. The van der Waals surface area contributed by atoms with Crippen LogP contribution in [0.15, 0.2) is 127 Å². The summed E-state index contributed by atoms with van der Waals surface area (Å²) in [5, 5.41) is 1.44. The van der Waals surface area contributed by atoms with Crippen molar-refractivity contribution >= 4 is 68.1 Å². The smallest absolute Gasteiger partial charge is 0.252 e. The van der Waals surface area contributed by atoms with Crippen LogP contribution in [0.1, 0.15) is 158 Å². The van der Waals surface area contributed by atoms with Crippen LogP contribution in [-0.4, -0.2) is 11.3 Å². The first kappa shape index (κ1) is 45.2. The number of rotatable bonds is 4. The lowest BCUT2D eigenvalue weighted by molar-refractivity contribution is 0.332.